The number of amides is 1. The molecule has 7 nitrogen and oxygen atoms in total. The number of benzene rings is 2. The monoisotopic (exact) mass is 459 g/mol. The van der Waals surface area contributed by atoms with Gasteiger partial charge in [-0.3, -0.25) is 9.59 Å². The van der Waals surface area contributed by atoms with E-state index >= 15 is 0 Å². The van der Waals surface area contributed by atoms with Gasteiger partial charge in [-0.2, -0.15) is 0 Å². The molecule has 4 rings (SSSR count). The minimum atomic E-state index is -0.388. The molecule has 0 aliphatic heterocycles. The average molecular weight is 460 g/mol. The zero-order chi connectivity index (χ0) is 24.5. The summed E-state index contributed by atoms with van der Waals surface area (Å²) in [5.41, 5.74) is 10.1. The average Bonchev–Trinajstić information content (AvgIpc) is 3.35. The number of pyridine rings is 1. The van der Waals surface area contributed by atoms with Crippen molar-refractivity contribution in [2.24, 2.45) is 5.73 Å². The van der Waals surface area contributed by atoms with Crippen molar-refractivity contribution >= 4 is 28.5 Å². The van der Waals surface area contributed by atoms with Crippen LogP contribution in [-0.4, -0.2) is 23.5 Å². The van der Waals surface area contributed by atoms with Crippen molar-refractivity contribution in [3.8, 4) is 11.3 Å². The number of fused-ring (bicyclic) bond motifs is 1. The lowest BCUT2D eigenvalue weighted by atomic mass is 10.1. The van der Waals surface area contributed by atoms with Gasteiger partial charge in [0.15, 0.2) is 5.58 Å². The van der Waals surface area contributed by atoms with E-state index in [0.29, 0.717) is 35.7 Å². The number of para-hydroxylation sites is 1. The fourth-order valence-corrected chi connectivity index (χ4v) is 3.48. The van der Waals surface area contributed by atoms with Crippen molar-refractivity contribution in [1.82, 2.24) is 4.98 Å². The van der Waals surface area contributed by atoms with Crippen LogP contribution in [0.5, 0.6) is 0 Å². The van der Waals surface area contributed by atoms with E-state index in [-0.39, 0.29) is 24.0 Å². The SMILES string of the molecule is CC.CCOC(=O)Cc1ccccc1NC(=O)c1cc2ccoc2c(-c2cccc(CN)c2)n1. The number of anilines is 1. The maximum atomic E-state index is 13.1. The fraction of sp³-hybridized carbons (Fsp3) is 0.222. The summed E-state index contributed by atoms with van der Waals surface area (Å²) in [5, 5.41) is 3.63. The Labute approximate surface area is 198 Å². The zero-order valence-electron chi connectivity index (χ0n) is 19.6. The van der Waals surface area contributed by atoms with Crippen molar-refractivity contribution in [3.05, 3.63) is 83.7 Å². The van der Waals surface area contributed by atoms with Gasteiger partial charge in [0, 0.05) is 23.2 Å². The highest BCUT2D eigenvalue weighted by atomic mass is 16.5. The Morgan fingerprint density at radius 1 is 1.06 bits per heavy atom. The first-order valence-corrected chi connectivity index (χ1v) is 11.3. The van der Waals surface area contributed by atoms with Crippen LogP contribution in [0, 0.1) is 0 Å². The second-order valence-electron chi connectivity index (χ2n) is 7.19. The van der Waals surface area contributed by atoms with Gasteiger partial charge in [0.25, 0.3) is 5.91 Å². The molecule has 0 aliphatic carbocycles. The van der Waals surface area contributed by atoms with Gasteiger partial charge in [0.1, 0.15) is 11.4 Å². The van der Waals surface area contributed by atoms with E-state index in [4.69, 9.17) is 14.9 Å². The number of nitrogens with two attached hydrogens (primary N) is 1. The largest absolute Gasteiger partial charge is 0.466 e. The van der Waals surface area contributed by atoms with Crippen LogP contribution in [-0.2, 0) is 22.5 Å². The Balaban J connectivity index is 0.00000158. The lowest BCUT2D eigenvalue weighted by molar-refractivity contribution is -0.142. The van der Waals surface area contributed by atoms with Crippen LogP contribution in [0.3, 0.4) is 0 Å². The number of furan rings is 1. The van der Waals surface area contributed by atoms with E-state index in [2.05, 4.69) is 10.3 Å². The van der Waals surface area contributed by atoms with Crippen LogP contribution in [0.1, 0.15) is 42.4 Å². The summed E-state index contributed by atoms with van der Waals surface area (Å²) >= 11 is 0. The topological polar surface area (TPSA) is 107 Å². The summed E-state index contributed by atoms with van der Waals surface area (Å²) < 4.78 is 10.7. The maximum Gasteiger partial charge on any atom is 0.310 e. The van der Waals surface area contributed by atoms with E-state index in [1.807, 2.05) is 44.2 Å². The number of aromatic nitrogens is 1. The molecule has 2 aromatic heterocycles. The summed E-state index contributed by atoms with van der Waals surface area (Å²) in [7, 11) is 0. The molecule has 0 saturated carbocycles. The highest BCUT2D eigenvalue weighted by molar-refractivity contribution is 6.06. The van der Waals surface area contributed by atoms with Crippen LogP contribution >= 0.6 is 0 Å². The Kier molecular flexibility index (Phi) is 8.54. The van der Waals surface area contributed by atoms with E-state index in [1.165, 1.54) is 0 Å². The van der Waals surface area contributed by atoms with Crippen LogP contribution in [0.4, 0.5) is 5.69 Å². The number of esters is 1. The molecule has 2 aromatic carbocycles. The minimum Gasteiger partial charge on any atom is -0.466 e. The number of carbonyl (C=O) groups is 2. The summed E-state index contributed by atoms with van der Waals surface area (Å²) in [6.07, 6.45) is 1.63. The van der Waals surface area contributed by atoms with Gasteiger partial charge in [0.2, 0.25) is 0 Å². The van der Waals surface area contributed by atoms with Crippen molar-refractivity contribution in [3.63, 3.8) is 0 Å². The molecule has 0 saturated heterocycles. The smallest absolute Gasteiger partial charge is 0.310 e. The fourth-order valence-electron chi connectivity index (χ4n) is 3.48. The summed E-state index contributed by atoms with van der Waals surface area (Å²) in [4.78, 5) is 29.6. The first kappa shape index (κ1) is 24.7. The van der Waals surface area contributed by atoms with Crippen LogP contribution < -0.4 is 11.1 Å². The van der Waals surface area contributed by atoms with Gasteiger partial charge in [-0.05, 0) is 42.3 Å². The predicted molar refractivity (Wildman–Crippen MR) is 133 cm³/mol. The number of rotatable bonds is 7. The van der Waals surface area contributed by atoms with Gasteiger partial charge in [0.05, 0.1) is 19.3 Å². The quantitative estimate of drug-likeness (QED) is 0.361. The third-order valence-electron chi connectivity index (χ3n) is 5.01. The molecule has 0 atom stereocenters. The van der Waals surface area contributed by atoms with Gasteiger partial charge in [-0.15, -0.1) is 0 Å². The van der Waals surface area contributed by atoms with Crippen LogP contribution in [0.2, 0.25) is 0 Å². The van der Waals surface area contributed by atoms with Gasteiger partial charge in [-0.25, -0.2) is 4.98 Å². The molecule has 0 radical (unpaired) electrons. The molecule has 34 heavy (non-hydrogen) atoms. The number of hydrogen-bond donors (Lipinski definition) is 2. The first-order valence-electron chi connectivity index (χ1n) is 11.3. The Hall–Kier alpha value is -3.97. The number of hydrogen-bond acceptors (Lipinski definition) is 6. The molecule has 0 spiro atoms. The van der Waals surface area contributed by atoms with Crippen molar-refractivity contribution < 1.29 is 18.7 Å². The molecule has 0 unspecified atom stereocenters. The minimum absolute atomic E-state index is 0.0651. The number of carbonyl (C=O) groups excluding carboxylic acids is 2. The second kappa shape index (κ2) is 11.8. The molecule has 0 aliphatic rings. The van der Waals surface area contributed by atoms with Gasteiger partial charge < -0.3 is 20.2 Å². The molecular formula is C27H29N3O4. The Morgan fingerprint density at radius 2 is 1.85 bits per heavy atom. The summed E-state index contributed by atoms with van der Waals surface area (Å²) in [6, 6.07) is 18.3. The molecule has 3 N–H and O–H groups in total. The first-order chi connectivity index (χ1) is 16.6. The number of ether oxygens (including phenoxy) is 1. The van der Waals surface area contributed by atoms with E-state index in [1.54, 1.807) is 43.5 Å². The summed E-state index contributed by atoms with van der Waals surface area (Å²) in [6.45, 7) is 6.45. The third-order valence-corrected chi connectivity index (χ3v) is 5.01. The zero-order valence-corrected chi connectivity index (χ0v) is 19.6. The lowest BCUT2D eigenvalue weighted by Gasteiger charge is -2.12. The predicted octanol–water partition coefficient (Wildman–Crippen LogP) is 5.34. The van der Waals surface area contributed by atoms with Crippen molar-refractivity contribution in [1.29, 1.82) is 0 Å². The standard InChI is InChI=1S/C25H23N3O4.C2H6/c1-2-31-22(29)14-17-7-3-4-9-20(17)28-25(30)21-13-19-10-11-32-24(19)23(27-21)18-8-5-6-16(12-18)15-26;1-2/h3-13H,2,14-15,26H2,1H3,(H,28,30);1-2H3. The third kappa shape index (κ3) is 5.68. The Morgan fingerprint density at radius 3 is 2.62 bits per heavy atom. The highest BCUT2D eigenvalue weighted by Crippen LogP contribution is 2.29. The summed E-state index contributed by atoms with van der Waals surface area (Å²) in [5.74, 6) is -0.741. The number of nitrogens with zero attached hydrogens (tertiary/aromatic N) is 1. The molecule has 4 aromatic rings. The molecule has 1 amide bonds. The lowest BCUT2D eigenvalue weighted by Crippen LogP contribution is -2.16. The molecule has 7 heteroatoms. The van der Waals surface area contributed by atoms with Gasteiger partial charge in [-0.1, -0.05) is 50.2 Å². The molecule has 0 fully saturated rings. The molecular weight excluding hydrogens is 430 g/mol. The van der Waals surface area contributed by atoms with E-state index in [9.17, 15) is 9.59 Å². The number of nitrogens with one attached hydrogen (secondary N) is 1. The second-order valence-corrected chi connectivity index (χ2v) is 7.19. The molecule has 2 heterocycles. The maximum absolute atomic E-state index is 13.1. The van der Waals surface area contributed by atoms with E-state index < -0.39 is 0 Å². The molecule has 0 bridgehead atoms. The van der Waals surface area contributed by atoms with E-state index in [0.717, 1.165) is 16.5 Å². The van der Waals surface area contributed by atoms with Crippen molar-refractivity contribution in [2.45, 2.75) is 33.7 Å². The van der Waals surface area contributed by atoms with Crippen LogP contribution in [0.15, 0.2) is 71.3 Å². The van der Waals surface area contributed by atoms with Crippen molar-refractivity contribution in [2.75, 3.05) is 11.9 Å². The van der Waals surface area contributed by atoms with Gasteiger partial charge >= 0.3 is 5.97 Å². The normalized spacial score (nSPS) is 10.4. The highest BCUT2D eigenvalue weighted by Gasteiger charge is 2.17. The Bertz CT molecular complexity index is 1280. The molecule has 176 valence electrons. The van der Waals surface area contributed by atoms with Crippen LogP contribution in [0.25, 0.3) is 22.2 Å².